The Morgan fingerprint density at radius 2 is 1.29 bits per heavy atom. The molecule has 473 valence electrons. The summed E-state index contributed by atoms with van der Waals surface area (Å²) in [7, 11) is 4.25. The molecule has 25 heteroatoms. The van der Waals surface area contributed by atoms with Gasteiger partial charge in [-0.3, -0.25) is 14.8 Å². The van der Waals surface area contributed by atoms with Crippen LogP contribution in [0, 0.1) is 23.0 Å². The number of rotatable bonds is 17. The van der Waals surface area contributed by atoms with Gasteiger partial charge in [-0.2, -0.15) is 10.2 Å². The van der Waals surface area contributed by atoms with Crippen molar-refractivity contribution in [2.45, 2.75) is 129 Å². The second kappa shape index (κ2) is 32.8. The predicted molar refractivity (Wildman–Crippen MR) is 349 cm³/mol. The molecule has 7 N–H and O–H groups in total. The number of hydrogen-bond donors (Lipinski definition) is 5. The number of halogens is 6. The van der Waals surface area contributed by atoms with E-state index in [9.17, 15) is 18.7 Å². The molecular weight excluding hydrogens is 1310 g/mol. The number of anilines is 2. The number of carbonyl (C=O) groups is 1. The number of phenolic OH excluding ortho intramolecular Hbond substituents is 1. The number of pyridine rings is 2. The molecule has 17 nitrogen and oxygen atoms in total. The van der Waals surface area contributed by atoms with Gasteiger partial charge in [-0.15, -0.1) is 13.1 Å². The first-order valence-electron chi connectivity index (χ1n) is 29.5. The van der Waals surface area contributed by atoms with E-state index in [0.29, 0.717) is 70.9 Å². The van der Waals surface area contributed by atoms with Crippen LogP contribution in [0.25, 0.3) is 27.6 Å². The number of hydrogen-bond acceptors (Lipinski definition) is 12. The number of aromatic hydroxyl groups is 1. The summed E-state index contributed by atoms with van der Waals surface area (Å²) >= 11 is 24.8. The van der Waals surface area contributed by atoms with Crippen molar-refractivity contribution < 1.29 is 70.7 Å². The van der Waals surface area contributed by atoms with Gasteiger partial charge in [-0.05, 0) is 139 Å². The van der Waals surface area contributed by atoms with Crippen LogP contribution in [0.5, 0.6) is 23.0 Å². The Kier molecular flexibility index (Phi) is 26.0. The number of nitrogens with one attached hydrogen (secondary N) is 1. The molecule has 4 aromatic heterocycles. The number of aliphatic hydroxyl groups excluding tert-OH is 1. The molecule has 0 saturated carbocycles. The Labute approximate surface area is 570 Å². The maximum Gasteiger partial charge on any atom is 0.415 e. The molecule has 4 atom stereocenters. The van der Waals surface area contributed by atoms with Gasteiger partial charge in [0.05, 0.1) is 28.5 Å². The zero-order chi connectivity index (χ0) is 64.2. The smallest absolute Gasteiger partial charge is 0.415 e. The van der Waals surface area contributed by atoms with E-state index in [1.54, 1.807) is 55.7 Å². The van der Waals surface area contributed by atoms with Crippen molar-refractivity contribution in [1.82, 2.24) is 34.4 Å². The SMILES string of the molecule is C=C(C)C1CCC(C)=CC1c1c(O)cc(CCCCC)cc1OC(=O)N1CCC(n2cc(-c3cnc(N)c(O[C@H](C)c4c(Cl)ccc(F)c4Cl)c3)cn2)CC1.C[C@@H](Oc1cc(-c2cnn(C3CC[N-]CC3)c2)cnc1N)c1c(Cl)ccc(F)c1Cl.[B]C(=N)O.[Y]. The summed E-state index contributed by atoms with van der Waals surface area (Å²) in [6.07, 6.45) is 20.4. The minimum atomic E-state index is -0.833. The van der Waals surface area contributed by atoms with Crippen LogP contribution in [0.15, 0.2) is 110 Å². The Morgan fingerprint density at radius 1 is 0.789 bits per heavy atom. The van der Waals surface area contributed by atoms with Gasteiger partial charge in [0.1, 0.15) is 41.1 Å². The number of likely N-dealkylation sites (tertiary alicyclic amines) is 1. The van der Waals surface area contributed by atoms with Gasteiger partial charge in [0.15, 0.2) is 31.0 Å². The standard InChI is InChI=1S/C43H50Cl2FN5O4.C21H21Cl2FN5O.CH2BNO.Y/c1-6-7-8-9-28-19-36(52)40(33-18-26(4)10-11-32(33)25(2)3)37(20-28)55-43(53)50-16-14-31(15-17-50)51-24-30(23-49-51)29-21-38(42(47)48-22-29)54-27(5)39-34(44)12-13-35(46)41(39)45;1-12(19-16(22)2-3-17(24)20(19)23)30-18-8-13(9-27-21(18)25)14-10-28-29(11-14)15-4-6-26-7-5-15;2-1(3)4;/h12-13,18-24,27,31-33,52H,2,6-11,14-17H2,1,3-5H3,(H2,47,48);2-3,8-12,15H,4-7H2,1H3,(H2,25,27);(H2,3,4);/q;-1;;/t27-,32?,33?;12-;;/m11../s1. The normalized spacial score (nSPS) is 16.7. The van der Waals surface area contributed by atoms with Gasteiger partial charge in [0.2, 0.25) is 0 Å². The summed E-state index contributed by atoms with van der Waals surface area (Å²) in [5, 5.41) is 38.7. The van der Waals surface area contributed by atoms with Gasteiger partial charge in [0.25, 0.3) is 0 Å². The topological polar surface area (TPSA) is 240 Å². The second-order valence-corrected chi connectivity index (χ2v) is 24.1. The zero-order valence-electron chi connectivity index (χ0n) is 50.9. The van der Waals surface area contributed by atoms with Crippen molar-refractivity contribution in [3.63, 3.8) is 0 Å². The van der Waals surface area contributed by atoms with Crippen molar-refractivity contribution >= 4 is 77.8 Å². The first-order chi connectivity index (χ1) is 42.5. The Bertz CT molecular complexity index is 3690. The minimum absolute atomic E-state index is 0. The molecule has 1 aliphatic carbocycles. The third kappa shape index (κ3) is 18.1. The summed E-state index contributed by atoms with van der Waals surface area (Å²) in [6, 6.07) is 13.0. The fraction of sp³-hybridized carbons (Fsp3) is 0.385. The molecule has 2 saturated heterocycles. The van der Waals surface area contributed by atoms with E-state index in [1.807, 2.05) is 40.8 Å². The number of ether oxygens (including phenoxy) is 3. The molecule has 0 spiro atoms. The van der Waals surface area contributed by atoms with Crippen LogP contribution >= 0.6 is 46.4 Å². The number of aryl methyl sites for hydroxylation is 1. The maximum absolute atomic E-state index is 14.2. The first-order valence-corrected chi connectivity index (χ1v) is 31.0. The molecular formula is C65H73BCl4F2N11O6Y-. The summed E-state index contributed by atoms with van der Waals surface area (Å²) in [5.41, 5.74) is 20.0. The monoisotopic (exact) mass is 1380 g/mol. The number of unbranched alkanes of at least 4 members (excludes halogenated alkanes) is 2. The largest absolute Gasteiger partial charge is 0.662 e. The zero-order valence-corrected chi connectivity index (χ0v) is 56.8. The van der Waals surface area contributed by atoms with E-state index in [4.69, 9.17) is 82.6 Å². The molecule has 3 aromatic carbocycles. The maximum atomic E-state index is 14.2. The van der Waals surface area contributed by atoms with E-state index in [1.165, 1.54) is 29.8 Å². The molecule has 2 unspecified atom stereocenters. The van der Waals surface area contributed by atoms with Crippen LogP contribution < -0.4 is 25.7 Å². The number of carbonyl (C=O) groups excluding carboxylic acids is 1. The van der Waals surface area contributed by atoms with Crippen molar-refractivity contribution in [3.8, 4) is 45.3 Å². The molecule has 3 aliphatic rings. The average Bonchev–Trinajstić information content (AvgIpc) is 1.11. The second-order valence-electron chi connectivity index (χ2n) is 22.6. The van der Waals surface area contributed by atoms with Gasteiger partial charge in [-0.1, -0.05) is 90.0 Å². The number of nitrogens with zero attached hydrogens (tertiary/aromatic N) is 8. The Morgan fingerprint density at radius 3 is 1.78 bits per heavy atom. The van der Waals surface area contributed by atoms with E-state index in [2.05, 4.69) is 59.8 Å². The van der Waals surface area contributed by atoms with E-state index in [-0.39, 0.29) is 83.0 Å². The quantitative estimate of drug-likeness (QED) is 0.0143. The van der Waals surface area contributed by atoms with Crippen LogP contribution in [-0.4, -0.2) is 90.6 Å². The number of aliphatic hydroxyl groups is 1. The van der Waals surface area contributed by atoms with E-state index >= 15 is 0 Å². The van der Waals surface area contributed by atoms with Crippen LogP contribution in [-0.2, 0) is 39.1 Å². The number of benzene rings is 3. The fourth-order valence-electron chi connectivity index (χ4n) is 11.3. The van der Waals surface area contributed by atoms with Crippen molar-refractivity contribution in [2.75, 3.05) is 37.6 Å². The summed E-state index contributed by atoms with van der Waals surface area (Å²) in [6.45, 7) is 16.7. The minimum Gasteiger partial charge on any atom is -0.662 e. The number of nitrogen functional groups attached to an aromatic ring is 2. The molecule has 10 rings (SSSR count). The third-order valence-electron chi connectivity index (χ3n) is 16.1. The third-order valence-corrected chi connectivity index (χ3v) is 17.5. The number of allylic oxidation sites excluding steroid dienone is 3. The number of amides is 1. The fourth-order valence-corrected chi connectivity index (χ4v) is 12.7. The van der Waals surface area contributed by atoms with Crippen molar-refractivity contribution in [1.29, 1.82) is 5.41 Å². The van der Waals surface area contributed by atoms with E-state index in [0.717, 1.165) is 97.8 Å². The Balaban J connectivity index is 0.000000276. The molecule has 90 heavy (non-hydrogen) atoms. The summed E-state index contributed by atoms with van der Waals surface area (Å²) in [4.78, 5) is 24.1. The van der Waals surface area contributed by atoms with Gasteiger partial charge < -0.3 is 46.1 Å². The van der Waals surface area contributed by atoms with Crippen LogP contribution in [0.1, 0.15) is 145 Å². The Hall–Kier alpha value is -6.25. The van der Waals surface area contributed by atoms with E-state index < -0.39 is 35.7 Å². The average molecular weight is 1380 g/mol. The summed E-state index contributed by atoms with van der Waals surface area (Å²) < 4.78 is 50.2. The molecule has 6 heterocycles. The van der Waals surface area contributed by atoms with Crippen molar-refractivity contribution in [3.05, 3.63) is 169 Å². The van der Waals surface area contributed by atoms with Gasteiger partial charge in [-0.25, -0.2) is 23.5 Å². The number of piperidine rings is 2. The first kappa shape index (κ1) is 71.2. The number of phenols is 1. The van der Waals surface area contributed by atoms with Crippen LogP contribution in [0.3, 0.4) is 0 Å². The molecule has 1 amide bonds. The molecule has 2 fully saturated rings. The van der Waals surface area contributed by atoms with Gasteiger partial charge >= 0.3 is 6.09 Å². The van der Waals surface area contributed by atoms with Crippen LogP contribution in [0.2, 0.25) is 20.1 Å². The van der Waals surface area contributed by atoms with Crippen molar-refractivity contribution in [2.24, 2.45) is 5.92 Å². The van der Waals surface area contributed by atoms with Gasteiger partial charge in [0, 0.05) is 132 Å². The number of nitrogens with two attached hydrogens (primary N) is 2. The molecule has 7 aromatic rings. The molecule has 3 radical (unpaired) electrons. The number of aromatic nitrogens is 6. The summed E-state index contributed by atoms with van der Waals surface area (Å²) in [5.74, 6) is -0.351. The molecule has 2 aliphatic heterocycles. The predicted octanol–water partition coefficient (Wildman–Crippen LogP) is 16.9. The molecule has 0 bridgehead atoms. The van der Waals surface area contributed by atoms with Crippen LogP contribution in [0.4, 0.5) is 25.2 Å².